The van der Waals surface area contributed by atoms with Crippen LogP contribution in [-0.4, -0.2) is 0 Å². The van der Waals surface area contributed by atoms with Gasteiger partial charge in [0.1, 0.15) is 0 Å². The Kier molecular flexibility index (Phi) is 10.1. The van der Waals surface area contributed by atoms with Crippen molar-refractivity contribution in [2.75, 3.05) is 0 Å². The first-order valence-electron chi connectivity index (χ1n) is 6.87. The van der Waals surface area contributed by atoms with Crippen molar-refractivity contribution in [1.29, 1.82) is 0 Å². The van der Waals surface area contributed by atoms with Gasteiger partial charge >= 0.3 is 0 Å². The Labute approximate surface area is 97.2 Å². The van der Waals surface area contributed by atoms with Crippen LogP contribution in [-0.2, 0) is 0 Å². The molecule has 0 N–H and O–H groups in total. The highest BCUT2D eigenvalue weighted by Gasteiger charge is 2.05. The summed E-state index contributed by atoms with van der Waals surface area (Å²) < 4.78 is 0. The van der Waals surface area contributed by atoms with Gasteiger partial charge in [0.2, 0.25) is 0 Å². The fourth-order valence-electron chi connectivity index (χ4n) is 2.15. The number of hydrogen-bond acceptors (Lipinski definition) is 0. The van der Waals surface area contributed by atoms with Crippen molar-refractivity contribution >= 4 is 0 Å². The molecule has 0 aromatic carbocycles. The van der Waals surface area contributed by atoms with Gasteiger partial charge in [0.15, 0.2) is 0 Å². The molecule has 0 spiro atoms. The smallest absolute Gasteiger partial charge is 0.0211 e. The summed E-state index contributed by atoms with van der Waals surface area (Å²) in [6.45, 7) is 10.8. The van der Waals surface area contributed by atoms with E-state index in [0.29, 0.717) is 0 Å². The van der Waals surface area contributed by atoms with Crippen LogP contribution in [0.4, 0.5) is 0 Å². The highest BCUT2D eigenvalue weighted by molar-refractivity contribution is 4.95. The predicted octanol–water partition coefficient (Wildman–Crippen LogP) is 5.73. The summed E-state index contributed by atoms with van der Waals surface area (Å²) in [7, 11) is 0. The number of unbranched alkanes of at least 4 members (excludes halogenated alkanes) is 6. The molecule has 0 aromatic heterocycles. The predicted molar refractivity (Wildman–Crippen MR) is 71.2 cm³/mol. The van der Waals surface area contributed by atoms with E-state index in [1.165, 1.54) is 63.4 Å². The molecular formula is C15H30. The second-order valence-corrected chi connectivity index (χ2v) is 4.86. The summed E-state index contributed by atoms with van der Waals surface area (Å²) in [5.74, 6) is 0.778. The summed E-state index contributed by atoms with van der Waals surface area (Å²) in [4.78, 5) is 0. The van der Waals surface area contributed by atoms with Crippen molar-refractivity contribution < 1.29 is 0 Å². The van der Waals surface area contributed by atoms with E-state index in [-0.39, 0.29) is 0 Å². The van der Waals surface area contributed by atoms with Crippen LogP contribution in [0.2, 0.25) is 0 Å². The highest BCUT2D eigenvalue weighted by Crippen LogP contribution is 2.20. The summed E-state index contributed by atoms with van der Waals surface area (Å²) >= 11 is 0. The summed E-state index contributed by atoms with van der Waals surface area (Å²) in [5, 5.41) is 0. The van der Waals surface area contributed by atoms with Gasteiger partial charge in [-0.15, -0.1) is 0 Å². The van der Waals surface area contributed by atoms with Gasteiger partial charge in [0.05, 0.1) is 0 Å². The SMILES string of the molecule is C=C(C)C(CC)CCCCCCCCC. The molecule has 1 atom stereocenters. The maximum absolute atomic E-state index is 4.07. The zero-order valence-corrected chi connectivity index (χ0v) is 11.1. The molecule has 0 radical (unpaired) electrons. The largest absolute Gasteiger partial charge is 0.0999 e. The molecule has 0 nitrogen and oxygen atoms in total. The van der Waals surface area contributed by atoms with Crippen molar-refractivity contribution in [3.63, 3.8) is 0 Å². The van der Waals surface area contributed by atoms with Crippen LogP contribution in [0.1, 0.15) is 78.6 Å². The highest BCUT2D eigenvalue weighted by atomic mass is 14.1. The standard InChI is InChI=1S/C15H30/c1-5-7-8-9-10-11-12-13-15(6-2)14(3)4/h15H,3,5-13H2,1-2,4H3. The first-order chi connectivity index (χ1) is 7.22. The van der Waals surface area contributed by atoms with Gasteiger partial charge in [-0.05, 0) is 25.7 Å². The van der Waals surface area contributed by atoms with E-state index in [1.807, 2.05) is 0 Å². The Morgan fingerprint density at radius 2 is 1.47 bits per heavy atom. The first kappa shape index (κ1) is 14.7. The molecule has 90 valence electrons. The van der Waals surface area contributed by atoms with Crippen LogP contribution in [0.3, 0.4) is 0 Å². The Bertz CT molecular complexity index is 146. The molecule has 1 unspecified atom stereocenters. The second-order valence-electron chi connectivity index (χ2n) is 4.86. The lowest BCUT2D eigenvalue weighted by Crippen LogP contribution is -1.99. The van der Waals surface area contributed by atoms with Crippen molar-refractivity contribution in [3.8, 4) is 0 Å². The quantitative estimate of drug-likeness (QED) is 0.319. The summed E-state index contributed by atoms with van der Waals surface area (Å²) in [6, 6.07) is 0. The molecule has 0 aliphatic rings. The Hall–Kier alpha value is -0.260. The fourth-order valence-corrected chi connectivity index (χ4v) is 2.15. The second kappa shape index (κ2) is 10.3. The first-order valence-corrected chi connectivity index (χ1v) is 6.87. The average Bonchev–Trinajstić information content (AvgIpc) is 2.21. The maximum Gasteiger partial charge on any atom is -0.0211 e. The minimum Gasteiger partial charge on any atom is -0.0999 e. The molecule has 15 heavy (non-hydrogen) atoms. The van der Waals surface area contributed by atoms with E-state index in [2.05, 4.69) is 27.4 Å². The lowest BCUT2D eigenvalue weighted by Gasteiger charge is -2.14. The molecule has 0 aromatic rings. The number of hydrogen-bond donors (Lipinski definition) is 0. The van der Waals surface area contributed by atoms with Gasteiger partial charge in [-0.2, -0.15) is 0 Å². The van der Waals surface area contributed by atoms with Crippen molar-refractivity contribution in [2.24, 2.45) is 5.92 Å². The molecule has 0 aliphatic heterocycles. The van der Waals surface area contributed by atoms with Gasteiger partial charge < -0.3 is 0 Å². The Morgan fingerprint density at radius 1 is 0.933 bits per heavy atom. The lowest BCUT2D eigenvalue weighted by molar-refractivity contribution is 0.490. The van der Waals surface area contributed by atoms with Crippen molar-refractivity contribution in [2.45, 2.75) is 78.6 Å². The van der Waals surface area contributed by atoms with Gasteiger partial charge in [0, 0.05) is 0 Å². The molecule has 0 bridgehead atoms. The van der Waals surface area contributed by atoms with E-state index in [0.717, 1.165) is 5.92 Å². The van der Waals surface area contributed by atoms with Crippen LogP contribution in [0.25, 0.3) is 0 Å². The molecule has 0 amide bonds. The summed E-state index contributed by atoms with van der Waals surface area (Å²) in [6.07, 6.45) is 12.5. The van der Waals surface area contributed by atoms with Gasteiger partial charge in [-0.1, -0.05) is 70.9 Å². The number of rotatable bonds is 10. The van der Waals surface area contributed by atoms with Gasteiger partial charge in [-0.25, -0.2) is 0 Å². The summed E-state index contributed by atoms with van der Waals surface area (Å²) in [5.41, 5.74) is 1.38. The van der Waals surface area contributed by atoms with E-state index in [4.69, 9.17) is 0 Å². The topological polar surface area (TPSA) is 0 Å². The van der Waals surface area contributed by atoms with E-state index in [1.54, 1.807) is 0 Å². The maximum atomic E-state index is 4.07. The monoisotopic (exact) mass is 210 g/mol. The zero-order chi connectivity index (χ0) is 11.5. The van der Waals surface area contributed by atoms with Crippen LogP contribution < -0.4 is 0 Å². The van der Waals surface area contributed by atoms with Crippen LogP contribution >= 0.6 is 0 Å². The third-order valence-corrected chi connectivity index (χ3v) is 3.35. The van der Waals surface area contributed by atoms with E-state index >= 15 is 0 Å². The molecule has 0 saturated heterocycles. The molecule has 0 saturated carbocycles. The molecule has 0 rings (SSSR count). The van der Waals surface area contributed by atoms with Crippen molar-refractivity contribution in [1.82, 2.24) is 0 Å². The Balaban J connectivity index is 3.25. The number of allylic oxidation sites excluding steroid dienone is 1. The zero-order valence-electron chi connectivity index (χ0n) is 11.1. The lowest BCUT2D eigenvalue weighted by atomic mass is 9.92. The van der Waals surface area contributed by atoms with Crippen LogP contribution in [0.15, 0.2) is 12.2 Å². The van der Waals surface area contributed by atoms with Crippen LogP contribution in [0.5, 0.6) is 0 Å². The minimum atomic E-state index is 0.778. The average molecular weight is 210 g/mol. The molecule has 0 fully saturated rings. The normalized spacial score (nSPS) is 12.7. The molecule has 0 heterocycles. The third-order valence-electron chi connectivity index (χ3n) is 3.35. The minimum absolute atomic E-state index is 0.778. The van der Waals surface area contributed by atoms with Gasteiger partial charge in [-0.3, -0.25) is 0 Å². The Morgan fingerprint density at radius 3 is 1.93 bits per heavy atom. The molecule has 0 aliphatic carbocycles. The third kappa shape index (κ3) is 8.72. The van der Waals surface area contributed by atoms with Crippen molar-refractivity contribution in [3.05, 3.63) is 12.2 Å². The van der Waals surface area contributed by atoms with E-state index < -0.39 is 0 Å². The van der Waals surface area contributed by atoms with E-state index in [9.17, 15) is 0 Å². The fraction of sp³-hybridized carbons (Fsp3) is 0.867. The molecule has 0 heteroatoms. The van der Waals surface area contributed by atoms with Crippen LogP contribution in [0, 0.1) is 5.92 Å². The molecular weight excluding hydrogens is 180 g/mol. The van der Waals surface area contributed by atoms with Gasteiger partial charge in [0.25, 0.3) is 0 Å².